The van der Waals surface area contributed by atoms with E-state index < -0.39 is 27.9 Å². The first-order valence-electron chi connectivity index (χ1n) is 11.2. The summed E-state index contributed by atoms with van der Waals surface area (Å²) in [6.45, 7) is -0.205. The van der Waals surface area contributed by atoms with Gasteiger partial charge in [-0.15, -0.1) is 0 Å². The number of esters is 2. The van der Waals surface area contributed by atoms with E-state index in [9.17, 15) is 22.8 Å². The number of fused-ring (bicyclic) bond motifs is 1. The maximum Gasteiger partial charge on any atom is 0.337 e. The number of nitrogens with zero attached hydrogens (tertiary/aromatic N) is 3. The van der Waals surface area contributed by atoms with Crippen molar-refractivity contribution in [3.05, 3.63) is 88.7 Å². The first kappa shape index (κ1) is 26.8. The number of amides is 1. The highest BCUT2D eigenvalue weighted by Gasteiger charge is 2.22. The number of sulfonamides is 1. The normalized spacial score (nSPS) is 11.8. The van der Waals surface area contributed by atoms with Gasteiger partial charge < -0.3 is 14.0 Å². The Labute approximate surface area is 222 Å². The minimum absolute atomic E-state index is 0.0124. The molecule has 0 saturated heterocycles. The summed E-state index contributed by atoms with van der Waals surface area (Å²) in [6, 6.07) is 18.8. The lowest BCUT2D eigenvalue weighted by Crippen LogP contribution is -2.26. The fraction of sp³-hybridized carbons (Fsp3) is 0.154. The third-order valence-electron chi connectivity index (χ3n) is 5.70. The molecule has 4 rings (SSSR count). The van der Waals surface area contributed by atoms with Crippen molar-refractivity contribution in [3.63, 3.8) is 0 Å². The van der Waals surface area contributed by atoms with Crippen LogP contribution in [0.3, 0.4) is 0 Å². The monoisotopic (exact) mass is 553 g/mol. The maximum atomic E-state index is 13.0. The van der Waals surface area contributed by atoms with Crippen molar-refractivity contribution < 1.29 is 32.3 Å². The molecule has 1 heterocycles. The minimum Gasteiger partial charge on any atom is -0.468 e. The summed E-state index contributed by atoms with van der Waals surface area (Å²) in [4.78, 5) is 41.4. The number of thiazole rings is 1. The Morgan fingerprint density at radius 2 is 1.58 bits per heavy atom. The van der Waals surface area contributed by atoms with Gasteiger partial charge in [-0.1, -0.05) is 29.5 Å². The third-order valence-corrected chi connectivity index (χ3v) is 8.54. The van der Waals surface area contributed by atoms with Gasteiger partial charge >= 0.3 is 11.9 Å². The SMILES string of the molecule is COC(=O)Cn1c(=NC(=O)c2ccc(S(=O)(=O)N(C)c3ccccc3)cc2)sc2cc(C(=O)OC)ccc21. The first-order valence-corrected chi connectivity index (χ1v) is 13.4. The van der Waals surface area contributed by atoms with E-state index >= 15 is 0 Å². The van der Waals surface area contributed by atoms with Crippen LogP contribution in [0.5, 0.6) is 0 Å². The number of hydrogen-bond donors (Lipinski definition) is 0. The molecule has 0 radical (unpaired) electrons. The van der Waals surface area contributed by atoms with Gasteiger partial charge in [-0.25, -0.2) is 13.2 Å². The van der Waals surface area contributed by atoms with Gasteiger partial charge in [0.2, 0.25) is 0 Å². The molecule has 4 aromatic rings. The average molecular weight is 554 g/mol. The van der Waals surface area contributed by atoms with Gasteiger partial charge in [0.15, 0.2) is 4.80 Å². The number of rotatable bonds is 7. The van der Waals surface area contributed by atoms with Crippen LogP contribution < -0.4 is 9.11 Å². The second kappa shape index (κ2) is 11.0. The van der Waals surface area contributed by atoms with Gasteiger partial charge in [0.25, 0.3) is 15.9 Å². The number of aromatic nitrogens is 1. The number of hydrogen-bond acceptors (Lipinski definition) is 8. The van der Waals surface area contributed by atoms with Crippen LogP contribution in [0.15, 0.2) is 82.7 Å². The number of benzene rings is 3. The predicted molar refractivity (Wildman–Crippen MR) is 142 cm³/mol. The average Bonchev–Trinajstić information content (AvgIpc) is 3.27. The van der Waals surface area contributed by atoms with Crippen molar-refractivity contribution in [1.82, 2.24) is 4.57 Å². The zero-order chi connectivity index (χ0) is 27.4. The van der Waals surface area contributed by atoms with E-state index in [0.717, 1.165) is 15.6 Å². The van der Waals surface area contributed by atoms with Crippen molar-refractivity contribution in [2.24, 2.45) is 4.99 Å². The highest BCUT2D eigenvalue weighted by Crippen LogP contribution is 2.23. The minimum atomic E-state index is -3.85. The number of anilines is 1. The van der Waals surface area contributed by atoms with Gasteiger partial charge in [-0.05, 0) is 54.6 Å². The smallest absolute Gasteiger partial charge is 0.337 e. The molecule has 0 unspecified atom stereocenters. The summed E-state index contributed by atoms with van der Waals surface area (Å²) in [5.74, 6) is -1.71. The molecule has 1 aromatic heterocycles. The molecule has 0 spiro atoms. The second-order valence-electron chi connectivity index (χ2n) is 7.97. The largest absolute Gasteiger partial charge is 0.468 e. The molecular formula is C26H23N3O7S2. The Kier molecular flexibility index (Phi) is 7.74. The van der Waals surface area contributed by atoms with E-state index in [1.165, 1.54) is 50.1 Å². The topological polar surface area (TPSA) is 124 Å². The summed E-state index contributed by atoms with van der Waals surface area (Å²) < 4.78 is 38.8. The van der Waals surface area contributed by atoms with Crippen molar-refractivity contribution in [1.29, 1.82) is 0 Å². The molecule has 0 atom stereocenters. The molecular weight excluding hydrogens is 530 g/mol. The summed E-state index contributed by atoms with van der Waals surface area (Å²) in [7, 11) is 0.125. The van der Waals surface area contributed by atoms with E-state index in [1.54, 1.807) is 48.5 Å². The van der Waals surface area contributed by atoms with Crippen molar-refractivity contribution >= 4 is 55.1 Å². The van der Waals surface area contributed by atoms with Crippen LogP contribution in [0.4, 0.5) is 5.69 Å². The maximum absolute atomic E-state index is 13.0. The molecule has 1 amide bonds. The number of methoxy groups -OCH3 is 2. The molecule has 3 aromatic carbocycles. The van der Waals surface area contributed by atoms with Crippen LogP contribution in [0.2, 0.25) is 0 Å². The van der Waals surface area contributed by atoms with Crippen LogP contribution in [-0.2, 0) is 30.8 Å². The number of carbonyl (C=O) groups excluding carboxylic acids is 3. The number of carbonyl (C=O) groups is 3. The Balaban J connectivity index is 1.69. The van der Waals surface area contributed by atoms with E-state index in [4.69, 9.17) is 9.47 Å². The molecule has 0 aliphatic carbocycles. The molecule has 12 heteroatoms. The van der Waals surface area contributed by atoms with Gasteiger partial charge in [-0.3, -0.25) is 13.9 Å². The van der Waals surface area contributed by atoms with Gasteiger partial charge in [-0.2, -0.15) is 4.99 Å². The van der Waals surface area contributed by atoms with Crippen LogP contribution in [0, 0.1) is 0 Å². The Bertz CT molecular complexity index is 1690. The molecule has 0 bridgehead atoms. The zero-order valence-electron chi connectivity index (χ0n) is 20.7. The highest BCUT2D eigenvalue weighted by atomic mass is 32.2. The van der Waals surface area contributed by atoms with Crippen LogP contribution in [0.1, 0.15) is 20.7 Å². The molecule has 0 aliphatic rings. The quantitative estimate of drug-likeness (QED) is 0.322. The standard InChI is InChI=1S/C26H23N3O7S2/c1-28(19-7-5-4-6-8-19)38(33,34)20-12-9-17(10-13-20)24(31)27-26-29(16-23(30)35-2)21-14-11-18(25(32)36-3)15-22(21)37-26/h4-15H,16H2,1-3H3. The van der Waals surface area contributed by atoms with E-state index in [0.29, 0.717) is 21.5 Å². The summed E-state index contributed by atoms with van der Waals surface area (Å²) in [6.07, 6.45) is 0. The highest BCUT2D eigenvalue weighted by molar-refractivity contribution is 7.92. The first-order chi connectivity index (χ1) is 18.1. The van der Waals surface area contributed by atoms with Crippen LogP contribution in [-0.4, -0.2) is 52.1 Å². The number of ether oxygens (including phenoxy) is 2. The van der Waals surface area contributed by atoms with E-state index in [-0.39, 0.29) is 21.8 Å². The second-order valence-corrected chi connectivity index (χ2v) is 10.9. The van der Waals surface area contributed by atoms with Crippen LogP contribution in [0.25, 0.3) is 10.2 Å². The fourth-order valence-corrected chi connectivity index (χ4v) is 5.87. The molecule has 0 aliphatic heterocycles. The molecule has 196 valence electrons. The lowest BCUT2D eigenvalue weighted by molar-refractivity contribution is -0.141. The fourth-order valence-electron chi connectivity index (χ4n) is 3.61. The van der Waals surface area contributed by atoms with Crippen molar-refractivity contribution in [2.45, 2.75) is 11.4 Å². The number of para-hydroxylation sites is 1. The predicted octanol–water partition coefficient (Wildman–Crippen LogP) is 3.23. The van der Waals surface area contributed by atoms with Gasteiger partial charge in [0.05, 0.1) is 40.6 Å². The molecule has 38 heavy (non-hydrogen) atoms. The molecule has 0 saturated carbocycles. The van der Waals surface area contributed by atoms with Gasteiger partial charge in [0, 0.05) is 12.6 Å². The summed E-state index contributed by atoms with van der Waals surface area (Å²) in [5, 5.41) is 0. The van der Waals surface area contributed by atoms with E-state index in [1.807, 2.05) is 0 Å². The molecule has 0 fully saturated rings. The summed E-state index contributed by atoms with van der Waals surface area (Å²) >= 11 is 1.11. The van der Waals surface area contributed by atoms with Crippen molar-refractivity contribution in [2.75, 3.05) is 25.6 Å². The van der Waals surface area contributed by atoms with Crippen LogP contribution >= 0.6 is 11.3 Å². The molecule has 10 nitrogen and oxygen atoms in total. The Hall–Kier alpha value is -4.29. The zero-order valence-corrected chi connectivity index (χ0v) is 22.3. The van der Waals surface area contributed by atoms with Gasteiger partial charge in [0.1, 0.15) is 6.54 Å². The lowest BCUT2D eigenvalue weighted by Gasteiger charge is -2.19. The lowest BCUT2D eigenvalue weighted by atomic mass is 10.2. The van der Waals surface area contributed by atoms with Crippen molar-refractivity contribution in [3.8, 4) is 0 Å². The third kappa shape index (κ3) is 5.36. The Morgan fingerprint density at radius 3 is 2.21 bits per heavy atom. The molecule has 0 N–H and O–H groups in total. The van der Waals surface area contributed by atoms with E-state index in [2.05, 4.69) is 4.99 Å². The summed E-state index contributed by atoms with van der Waals surface area (Å²) in [5.41, 5.74) is 1.54. The Morgan fingerprint density at radius 1 is 0.921 bits per heavy atom.